The SMILES string of the molecule is CC1(c2ccccn2)NC(=O)N(Cc2ccc(F)cc2Cl)C1=O. The molecular formula is C16H13ClFN3O2. The van der Waals surface area contributed by atoms with Gasteiger partial charge in [-0.25, -0.2) is 9.18 Å². The fourth-order valence-corrected chi connectivity index (χ4v) is 2.72. The Kier molecular flexibility index (Phi) is 3.77. The lowest BCUT2D eigenvalue weighted by Gasteiger charge is -2.21. The quantitative estimate of drug-likeness (QED) is 0.879. The van der Waals surface area contributed by atoms with E-state index in [0.29, 0.717) is 11.3 Å². The number of halogens is 2. The van der Waals surface area contributed by atoms with E-state index in [9.17, 15) is 14.0 Å². The minimum absolute atomic E-state index is 0.0355. The van der Waals surface area contributed by atoms with Crippen LogP contribution >= 0.6 is 11.6 Å². The molecule has 2 aromatic rings. The molecule has 1 N–H and O–H groups in total. The van der Waals surface area contributed by atoms with E-state index >= 15 is 0 Å². The molecule has 118 valence electrons. The molecule has 3 amide bonds. The number of imide groups is 1. The van der Waals surface area contributed by atoms with Crippen LogP contribution < -0.4 is 5.32 Å². The van der Waals surface area contributed by atoms with E-state index in [0.717, 1.165) is 11.0 Å². The average molecular weight is 334 g/mol. The highest BCUT2D eigenvalue weighted by Gasteiger charge is 2.49. The zero-order valence-corrected chi connectivity index (χ0v) is 13.0. The lowest BCUT2D eigenvalue weighted by atomic mass is 9.97. The Morgan fingerprint density at radius 3 is 2.74 bits per heavy atom. The third-order valence-corrected chi connectivity index (χ3v) is 4.15. The van der Waals surface area contributed by atoms with Gasteiger partial charge in [0.15, 0.2) is 5.54 Å². The summed E-state index contributed by atoms with van der Waals surface area (Å²) < 4.78 is 13.1. The summed E-state index contributed by atoms with van der Waals surface area (Å²) in [5, 5.41) is 2.82. The van der Waals surface area contributed by atoms with Gasteiger partial charge in [0.05, 0.1) is 12.2 Å². The smallest absolute Gasteiger partial charge is 0.318 e. The number of benzene rings is 1. The van der Waals surface area contributed by atoms with Crippen LogP contribution in [0.1, 0.15) is 18.2 Å². The summed E-state index contributed by atoms with van der Waals surface area (Å²) >= 11 is 5.97. The van der Waals surface area contributed by atoms with Gasteiger partial charge in [-0.15, -0.1) is 0 Å². The zero-order chi connectivity index (χ0) is 16.6. The summed E-state index contributed by atoms with van der Waals surface area (Å²) in [4.78, 5) is 30.1. The van der Waals surface area contributed by atoms with Crippen molar-refractivity contribution < 1.29 is 14.0 Å². The van der Waals surface area contributed by atoms with Crippen LogP contribution in [0, 0.1) is 5.82 Å². The van der Waals surface area contributed by atoms with Crippen LogP contribution in [0.15, 0.2) is 42.6 Å². The predicted octanol–water partition coefficient (Wildman–Crippen LogP) is 2.84. The summed E-state index contributed by atoms with van der Waals surface area (Å²) in [6.07, 6.45) is 1.56. The van der Waals surface area contributed by atoms with Crippen molar-refractivity contribution >= 4 is 23.5 Å². The van der Waals surface area contributed by atoms with E-state index < -0.39 is 23.3 Å². The van der Waals surface area contributed by atoms with Gasteiger partial charge in [-0.2, -0.15) is 0 Å². The standard InChI is InChI=1S/C16H13ClFN3O2/c1-16(13-4-2-3-7-19-13)14(22)21(15(23)20-16)9-10-5-6-11(18)8-12(10)17/h2-8H,9H2,1H3,(H,20,23). The van der Waals surface area contributed by atoms with Gasteiger partial charge in [-0.05, 0) is 36.8 Å². The van der Waals surface area contributed by atoms with Crippen molar-refractivity contribution in [3.05, 3.63) is 64.7 Å². The maximum absolute atomic E-state index is 13.1. The lowest BCUT2D eigenvalue weighted by molar-refractivity contribution is -0.131. The summed E-state index contributed by atoms with van der Waals surface area (Å²) in [6, 6.07) is 8.44. The molecule has 7 heteroatoms. The summed E-state index contributed by atoms with van der Waals surface area (Å²) in [5.41, 5.74) is -0.293. The van der Waals surface area contributed by atoms with Gasteiger partial charge in [-0.1, -0.05) is 23.7 Å². The van der Waals surface area contributed by atoms with Crippen LogP contribution in [0.5, 0.6) is 0 Å². The van der Waals surface area contributed by atoms with Crippen molar-refractivity contribution in [2.75, 3.05) is 0 Å². The number of carbonyl (C=O) groups excluding carboxylic acids is 2. The number of carbonyl (C=O) groups is 2. The number of nitrogens with one attached hydrogen (secondary N) is 1. The molecule has 1 unspecified atom stereocenters. The minimum atomic E-state index is -1.23. The van der Waals surface area contributed by atoms with E-state index in [-0.39, 0.29) is 11.6 Å². The molecule has 1 atom stereocenters. The third kappa shape index (κ3) is 2.66. The Bertz CT molecular complexity index is 784. The second-order valence-corrected chi connectivity index (χ2v) is 5.80. The van der Waals surface area contributed by atoms with Crippen molar-refractivity contribution in [1.29, 1.82) is 0 Å². The molecule has 0 spiro atoms. The van der Waals surface area contributed by atoms with E-state index in [2.05, 4.69) is 10.3 Å². The first-order chi connectivity index (χ1) is 10.9. The average Bonchev–Trinajstić information content (AvgIpc) is 2.75. The van der Waals surface area contributed by atoms with Crippen LogP contribution in [-0.4, -0.2) is 21.8 Å². The number of pyridine rings is 1. The van der Waals surface area contributed by atoms with Gasteiger partial charge in [-0.3, -0.25) is 14.7 Å². The topological polar surface area (TPSA) is 62.3 Å². The van der Waals surface area contributed by atoms with Crippen molar-refractivity contribution in [3.63, 3.8) is 0 Å². The number of rotatable bonds is 3. The highest BCUT2D eigenvalue weighted by molar-refractivity contribution is 6.31. The Hall–Kier alpha value is -2.47. The fourth-order valence-electron chi connectivity index (χ4n) is 2.49. The van der Waals surface area contributed by atoms with Gasteiger partial charge in [0, 0.05) is 11.2 Å². The minimum Gasteiger partial charge on any atom is -0.318 e. The normalized spacial score (nSPS) is 20.7. The second kappa shape index (κ2) is 5.62. The second-order valence-electron chi connectivity index (χ2n) is 5.40. The van der Waals surface area contributed by atoms with Gasteiger partial charge >= 0.3 is 6.03 Å². The highest BCUT2D eigenvalue weighted by atomic mass is 35.5. The van der Waals surface area contributed by atoms with Gasteiger partial charge in [0.2, 0.25) is 0 Å². The van der Waals surface area contributed by atoms with Crippen LogP contribution in [0.2, 0.25) is 5.02 Å². The maximum atomic E-state index is 13.1. The molecule has 1 aliphatic heterocycles. The van der Waals surface area contributed by atoms with Crippen molar-refractivity contribution in [3.8, 4) is 0 Å². The first-order valence-electron chi connectivity index (χ1n) is 6.91. The molecule has 3 rings (SSSR count). The molecule has 1 saturated heterocycles. The first kappa shape index (κ1) is 15.4. The number of urea groups is 1. The summed E-state index contributed by atoms with van der Waals surface area (Å²) in [6.45, 7) is 1.56. The lowest BCUT2D eigenvalue weighted by Crippen LogP contribution is -2.41. The van der Waals surface area contributed by atoms with E-state index in [1.54, 1.807) is 31.3 Å². The number of aromatic nitrogens is 1. The number of amides is 3. The monoisotopic (exact) mass is 333 g/mol. The Morgan fingerprint density at radius 2 is 2.09 bits per heavy atom. The molecule has 2 heterocycles. The van der Waals surface area contributed by atoms with Gasteiger partial charge < -0.3 is 5.32 Å². The van der Waals surface area contributed by atoms with Crippen LogP contribution in [0.25, 0.3) is 0 Å². The number of hydrogen-bond acceptors (Lipinski definition) is 3. The van der Waals surface area contributed by atoms with Gasteiger partial charge in [0.1, 0.15) is 5.82 Å². The summed E-state index contributed by atoms with van der Waals surface area (Å²) in [5.74, 6) is -0.907. The van der Waals surface area contributed by atoms with Crippen LogP contribution in [0.3, 0.4) is 0 Å². The first-order valence-corrected chi connectivity index (χ1v) is 7.29. The molecule has 0 saturated carbocycles. The van der Waals surface area contributed by atoms with E-state index in [1.165, 1.54) is 12.1 Å². The highest BCUT2D eigenvalue weighted by Crippen LogP contribution is 2.29. The molecule has 0 aliphatic carbocycles. The van der Waals surface area contributed by atoms with Crippen LogP contribution in [0.4, 0.5) is 9.18 Å². The molecule has 0 bridgehead atoms. The Labute approximate surface area is 137 Å². The van der Waals surface area contributed by atoms with E-state index in [1.807, 2.05) is 0 Å². The molecular weight excluding hydrogens is 321 g/mol. The third-order valence-electron chi connectivity index (χ3n) is 3.80. The predicted molar refractivity (Wildman–Crippen MR) is 82.1 cm³/mol. The van der Waals surface area contributed by atoms with E-state index in [4.69, 9.17) is 11.6 Å². The fraction of sp³-hybridized carbons (Fsp3) is 0.188. The van der Waals surface area contributed by atoms with Gasteiger partial charge in [0.25, 0.3) is 5.91 Å². The maximum Gasteiger partial charge on any atom is 0.325 e. The van der Waals surface area contributed by atoms with Crippen molar-refractivity contribution in [1.82, 2.24) is 15.2 Å². The van der Waals surface area contributed by atoms with Crippen molar-refractivity contribution in [2.45, 2.75) is 19.0 Å². The van der Waals surface area contributed by atoms with Crippen LogP contribution in [-0.2, 0) is 16.9 Å². The molecule has 1 fully saturated rings. The number of hydrogen-bond donors (Lipinski definition) is 1. The summed E-state index contributed by atoms with van der Waals surface area (Å²) in [7, 11) is 0. The Morgan fingerprint density at radius 1 is 1.30 bits per heavy atom. The zero-order valence-electron chi connectivity index (χ0n) is 12.2. The van der Waals surface area contributed by atoms with Crippen molar-refractivity contribution in [2.24, 2.45) is 0 Å². The molecule has 0 radical (unpaired) electrons. The molecule has 5 nitrogen and oxygen atoms in total. The Balaban J connectivity index is 1.90. The number of nitrogens with zero attached hydrogens (tertiary/aromatic N) is 2. The molecule has 23 heavy (non-hydrogen) atoms. The molecule has 1 aromatic heterocycles. The molecule has 1 aromatic carbocycles. The molecule has 1 aliphatic rings. The largest absolute Gasteiger partial charge is 0.325 e.